The fraction of sp³-hybridized carbons (Fsp3) is 0.133. The van der Waals surface area contributed by atoms with Gasteiger partial charge in [-0.15, -0.1) is 11.8 Å². The lowest BCUT2D eigenvalue weighted by molar-refractivity contribution is -0.136. The number of carboxylic acid groups (broad SMARTS) is 1. The molecule has 2 nitrogen and oxygen atoms in total. The molecule has 0 bridgehead atoms. The van der Waals surface area contributed by atoms with Crippen LogP contribution in [0.25, 0.3) is 0 Å². The molecule has 2 rings (SSSR count). The fourth-order valence-electron chi connectivity index (χ4n) is 1.72. The van der Waals surface area contributed by atoms with Gasteiger partial charge in [-0.05, 0) is 36.2 Å². The number of carboxylic acids is 1. The van der Waals surface area contributed by atoms with Gasteiger partial charge in [0.2, 0.25) is 0 Å². The van der Waals surface area contributed by atoms with Crippen molar-refractivity contribution in [2.24, 2.45) is 0 Å². The number of aliphatic carboxylic acids is 1. The van der Waals surface area contributed by atoms with Gasteiger partial charge < -0.3 is 5.11 Å². The second kappa shape index (κ2) is 6.64. The summed E-state index contributed by atoms with van der Waals surface area (Å²) >= 11 is 7.27. The van der Waals surface area contributed by atoms with Gasteiger partial charge in [-0.2, -0.15) is 0 Å². The van der Waals surface area contributed by atoms with Crippen LogP contribution in [0.4, 0.5) is 0 Å². The summed E-state index contributed by atoms with van der Waals surface area (Å²) in [7, 11) is 0. The molecule has 0 heterocycles. The summed E-state index contributed by atoms with van der Waals surface area (Å²) in [6.07, 6.45) is 0.454. The van der Waals surface area contributed by atoms with E-state index in [4.69, 9.17) is 11.6 Å². The van der Waals surface area contributed by atoms with Crippen LogP contribution in [0.1, 0.15) is 5.56 Å². The van der Waals surface area contributed by atoms with Crippen molar-refractivity contribution in [3.05, 3.63) is 65.2 Å². The summed E-state index contributed by atoms with van der Waals surface area (Å²) in [6, 6.07) is 16.9. The second-order valence-electron chi connectivity index (χ2n) is 4.09. The summed E-state index contributed by atoms with van der Waals surface area (Å²) in [5, 5.41) is 9.43. The lowest BCUT2D eigenvalue weighted by Crippen LogP contribution is -2.19. The molecule has 19 heavy (non-hydrogen) atoms. The van der Waals surface area contributed by atoms with Crippen molar-refractivity contribution in [3.8, 4) is 0 Å². The molecule has 0 fully saturated rings. The topological polar surface area (TPSA) is 37.3 Å². The molecule has 4 heteroatoms. The zero-order valence-electron chi connectivity index (χ0n) is 10.1. The Kier molecular flexibility index (Phi) is 4.88. The highest BCUT2D eigenvalue weighted by Gasteiger charge is 2.19. The van der Waals surface area contributed by atoms with Crippen LogP contribution in [0.5, 0.6) is 0 Å². The van der Waals surface area contributed by atoms with Crippen LogP contribution in [0.15, 0.2) is 59.5 Å². The number of rotatable bonds is 5. The molecule has 0 aliphatic rings. The van der Waals surface area contributed by atoms with Gasteiger partial charge in [0.1, 0.15) is 5.25 Å². The Balaban J connectivity index is 2.11. The summed E-state index contributed by atoms with van der Waals surface area (Å²) in [5.74, 6) is -0.811. The molecule has 0 aliphatic heterocycles. The number of thioether (sulfide) groups is 1. The fourth-order valence-corrected chi connectivity index (χ4v) is 2.95. The maximum Gasteiger partial charge on any atom is 0.317 e. The van der Waals surface area contributed by atoms with Gasteiger partial charge >= 0.3 is 5.97 Å². The highest BCUT2D eigenvalue weighted by Crippen LogP contribution is 2.26. The predicted octanol–water partition coefficient (Wildman–Crippen LogP) is 4.13. The summed E-state index contributed by atoms with van der Waals surface area (Å²) in [5.41, 5.74) is 0.934. The molecule has 0 spiro atoms. The van der Waals surface area contributed by atoms with Crippen LogP contribution in [-0.4, -0.2) is 16.3 Å². The third kappa shape index (κ3) is 4.30. The largest absolute Gasteiger partial charge is 0.480 e. The summed E-state index contributed by atoms with van der Waals surface area (Å²) in [6.45, 7) is 0. The molecule has 0 aliphatic carbocycles. The predicted molar refractivity (Wildman–Crippen MR) is 78.9 cm³/mol. The molecule has 1 N–H and O–H groups in total. The van der Waals surface area contributed by atoms with E-state index in [0.29, 0.717) is 11.4 Å². The smallest absolute Gasteiger partial charge is 0.317 e. The Morgan fingerprint density at radius 2 is 1.89 bits per heavy atom. The number of benzene rings is 2. The van der Waals surface area contributed by atoms with E-state index >= 15 is 0 Å². The van der Waals surface area contributed by atoms with Crippen LogP contribution >= 0.6 is 23.4 Å². The molecule has 98 valence electrons. The molecule has 0 radical (unpaired) electrons. The van der Waals surface area contributed by atoms with Crippen LogP contribution in [0.2, 0.25) is 5.02 Å². The van der Waals surface area contributed by atoms with Crippen LogP contribution in [0, 0.1) is 0 Å². The molecular weight excluding hydrogens is 280 g/mol. The van der Waals surface area contributed by atoms with Crippen LogP contribution < -0.4 is 0 Å². The molecule has 0 saturated heterocycles. The standard InChI is InChI=1S/C15H13ClO2S/c16-12-6-4-5-11(9-12)10-14(15(17)18)19-13-7-2-1-3-8-13/h1-9,14H,10H2,(H,17,18). The Labute approximate surface area is 121 Å². The molecule has 2 aromatic rings. The van der Waals surface area contributed by atoms with Gasteiger partial charge in [-0.3, -0.25) is 4.79 Å². The minimum atomic E-state index is -0.811. The normalized spacial score (nSPS) is 12.1. The maximum atomic E-state index is 11.3. The van der Waals surface area contributed by atoms with Gasteiger partial charge in [0.15, 0.2) is 0 Å². The summed E-state index contributed by atoms with van der Waals surface area (Å²) < 4.78 is 0. The maximum absolute atomic E-state index is 11.3. The molecule has 1 atom stereocenters. The van der Waals surface area contributed by atoms with Crippen molar-refractivity contribution in [2.75, 3.05) is 0 Å². The average molecular weight is 293 g/mol. The number of halogens is 1. The SMILES string of the molecule is O=C(O)C(Cc1cccc(Cl)c1)Sc1ccccc1. The molecule has 0 aromatic heterocycles. The van der Waals surface area contributed by atoms with Gasteiger partial charge in [0.25, 0.3) is 0 Å². The van der Waals surface area contributed by atoms with Gasteiger partial charge in [0.05, 0.1) is 0 Å². The van der Waals surface area contributed by atoms with E-state index in [2.05, 4.69) is 0 Å². The van der Waals surface area contributed by atoms with E-state index in [0.717, 1.165) is 10.5 Å². The monoisotopic (exact) mass is 292 g/mol. The highest BCUT2D eigenvalue weighted by molar-refractivity contribution is 8.00. The molecule has 0 saturated carbocycles. The first kappa shape index (κ1) is 14.0. The first-order valence-electron chi connectivity index (χ1n) is 5.84. The minimum Gasteiger partial charge on any atom is -0.480 e. The summed E-state index contributed by atoms with van der Waals surface area (Å²) in [4.78, 5) is 12.3. The van der Waals surface area contributed by atoms with E-state index in [9.17, 15) is 9.90 Å². The quantitative estimate of drug-likeness (QED) is 0.842. The van der Waals surface area contributed by atoms with Crippen molar-refractivity contribution in [1.82, 2.24) is 0 Å². The van der Waals surface area contributed by atoms with Gasteiger partial charge in [-0.25, -0.2) is 0 Å². The molecule has 2 aromatic carbocycles. The average Bonchev–Trinajstić information content (AvgIpc) is 2.39. The zero-order chi connectivity index (χ0) is 13.7. The zero-order valence-corrected chi connectivity index (χ0v) is 11.7. The van der Waals surface area contributed by atoms with E-state index in [1.54, 1.807) is 6.07 Å². The van der Waals surface area contributed by atoms with Crippen LogP contribution in [-0.2, 0) is 11.2 Å². The third-order valence-electron chi connectivity index (χ3n) is 2.61. The van der Waals surface area contributed by atoms with E-state index in [1.165, 1.54) is 11.8 Å². The minimum absolute atomic E-state index is 0.454. The van der Waals surface area contributed by atoms with Gasteiger partial charge in [-0.1, -0.05) is 41.9 Å². The Morgan fingerprint density at radius 3 is 2.53 bits per heavy atom. The van der Waals surface area contributed by atoms with E-state index < -0.39 is 11.2 Å². The molecular formula is C15H13ClO2S. The molecule has 0 amide bonds. The third-order valence-corrected chi connectivity index (χ3v) is 4.04. The lowest BCUT2D eigenvalue weighted by Gasteiger charge is -2.12. The molecule has 1 unspecified atom stereocenters. The number of hydrogen-bond acceptors (Lipinski definition) is 2. The lowest BCUT2D eigenvalue weighted by atomic mass is 10.1. The van der Waals surface area contributed by atoms with Crippen molar-refractivity contribution in [2.45, 2.75) is 16.6 Å². The Morgan fingerprint density at radius 1 is 1.16 bits per heavy atom. The Hall–Kier alpha value is -1.45. The van der Waals surface area contributed by atoms with Crippen molar-refractivity contribution >= 4 is 29.3 Å². The van der Waals surface area contributed by atoms with Gasteiger partial charge in [0, 0.05) is 9.92 Å². The van der Waals surface area contributed by atoms with Crippen molar-refractivity contribution in [3.63, 3.8) is 0 Å². The Bertz CT molecular complexity index is 557. The van der Waals surface area contributed by atoms with Crippen LogP contribution in [0.3, 0.4) is 0 Å². The van der Waals surface area contributed by atoms with E-state index in [-0.39, 0.29) is 0 Å². The number of carbonyl (C=O) groups is 1. The first-order chi connectivity index (χ1) is 9.15. The first-order valence-corrected chi connectivity index (χ1v) is 7.10. The second-order valence-corrected chi connectivity index (χ2v) is 5.80. The van der Waals surface area contributed by atoms with Crippen molar-refractivity contribution < 1.29 is 9.90 Å². The highest BCUT2D eigenvalue weighted by atomic mass is 35.5. The van der Waals surface area contributed by atoms with E-state index in [1.807, 2.05) is 48.5 Å². The number of hydrogen-bond donors (Lipinski definition) is 1. The van der Waals surface area contributed by atoms with Crippen molar-refractivity contribution in [1.29, 1.82) is 0 Å².